The molecule has 5 atom stereocenters. The van der Waals surface area contributed by atoms with Crippen LogP contribution in [0.3, 0.4) is 0 Å². The molecule has 33 heavy (non-hydrogen) atoms. The summed E-state index contributed by atoms with van der Waals surface area (Å²) in [6.45, 7) is 1.52. The monoisotopic (exact) mass is 462 g/mol. The van der Waals surface area contributed by atoms with E-state index in [-0.39, 0.29) is 33.8 Å². The highest BCUT2D eigenvalue weighted by Gasteiger charge is 2.43. The van der Waals surface area contributed by atoms with Gasteiger partial charge < -0.3 is 49.3 Å². The van der Waals surface area contributed by atoms with Crippen LogP contribution in [0, 0.1) is 0 Å². The first-order valence-corrected chi connectivity index (χ1v) is 9.89. The number of aliphatic hydroxyl groups excluding tert-OH is 3. The van der Waals surface area contributed by atoms with E-state index in [0.29, 0.717) is 0 Å². The van der Waals surface area contributed by atoms with Gasteiger partial charge in [-0.15, -0.1) is 0 Å². The Morgan fingerprint density at radius 2 is 1.61 bits per heavy atom. The fourth-order valence-corrected chi connectivity index (χ4v) is 3.62. The molecule has 0 saturated carbocycles. The number of benzene rings is 2. The third-order valence-corrected chi connectivity index (χ3v) is 5.45. The molecule has 0 aliphatic carbocycles. The first kappa shape index (κ1) is 22.7. The molecule has 2 aromatic carbocycles. The quantitative estimate of drug-likeness (QED) is 0.323. The van der Waals surface area contributed by atoms with E-state index in [2.05, 4.69) is 0 Å². The van der Waals surface area contributed by atoms with Crippen LogP contribution in [0.25, 0.3) is 22.3 Å². The summed E-state index contributed by atoms with van der Waals surface area (Å²) in [6.07, 6.45) is -6.22. The van der Waals surface area contributed by atoms with Gasteiger partial charge in [-0.1, -0.05) is 0 Å². The van der Waals surface area contributed by atoms with Gasteiger partial charge in [-0.25, -0.2) is 0 Å². The lowest BCUT2D eigenvalue weighted by molar-refractivity contribution is -0.268. The van der Waals surface area contributed by atoms with Gasteiger partial charge in [0.2, 0.25) is 23.2 Å². The van der Waals surface area contributed by atoms with Crippen LogP contribution >= 0.6 is 0 Å². The standard InChI is InChI=1S/C22H22O11/c1-8-14(24)17(27)19(29)22(31-8)32-10-5-3-9(4-6-10)20-18(28)15(25)13-12(33-20)7-11(23)21(30-2)16(13)26/h3-8,14,17,19,22-24,26-29H,1-2H3/t8-,14-,17-,19-,22+/m0/s1. The molecule has 2 heterocycles. The molecule has 0 spiro atoms. The van der Waals surface area contributed by atoms with E-state index >= 15 is 0 Å². The summed E-state index contributed by atoms with van der Waals surface area (Å²) in [5.74, 6) is -2.22. The van der Waals surface area contributed by atoms with Crippen LogP contribution < -0.4 is 14.9 Å². The minimum absolute atomic E-state index is 0.177. The molecule has 6 N–H and O–H groups in total. The normalized spacial score (nSPS) is 25.2. The van der Waals surface area contributed by atoms with E-state index in [0.717, 1.165) is 6.07 Å². The molecule has 176 valence electrons. The number of hydrogen-bond donors (Lipinski definition) is 6. The van der Waals surface area contributed by atoms with Crippen molar-refractivity contribution in [2.75, 3.05) is 7.11 Å². The zero-order chi connectivity index (χ0) is 24.0. The van der Waals surface area contributed by atoms with Crippen molar-refractivity contribution in [1.29, 1.82) is 0 Å². The lowest BCUT2D eigenvalue weighted by Crippen LogP contribution is -2.58. The Balaban J connectivity index is 1.66. The van der Waals surface area contributed by atoms with Gasteiger partial charge in [0.05, 0.1) is 13.2 Å². The van der Waals surface area contributed by atoms with Gasteiger partial charge in [-0.05, 0) is 31.2 Å². The minimum Gasteiger partial charge on any atom is -0.504 e. The van der Waals surface area contributed by atoms with E-state index in [1.807, 2.05) is 0 Å². The molecule has 1 saturated heterocycles. The Labute approximate surface area is 186 Å². The van der Waals surface area contributed by atoms with E-state index < -0.39 is 53.4 Å². The van der Waals surface area contributed by atoms with Crippen molar-refractivity contribution in [2.45, 2.75) is 37.6 Å². The summed E-state index contributed by atoms with van der Waals surface area (Å²) < 4.78 is 21.4. The maximum Gasteiger partial charge on any atom is 0.238 e. The van der Waals surface area contributed by atoms with Crippen LogP contribution in [-0.4, -0.2) is 68.5 Å². The first-order valence-electron chi connectivity index (χ1n) is 9.89. The third kappa shape index (κ3) is 3.80. The third-order valence-electron chi connectivity index (χ3n) is 5.45. The number of aliphatic hydroxyl groups is 3. The van der Waals surface area contributed by atoms with Crippen LogP contribution in [0.1, 0.15) is 6.92 Å². The van der Waals surface area contributed by atoms with E-state index in [1.165, 1.54) is 38.3 Å². The zero-order valence-electron chi connectivity index (χ0n) is 17.5. The second kappa shape index (κ2) is 8.45. The van der Waals surface area contributed by atoms with Crippen molar-refractivity contribution in [3.8, 4) is 40.1 Å². The number of hydrogen-bond acceptors (Lipinski definition) is 11. The fourth-order valence-electron chi connectivity index (χ4n) is 3.62. The molecule has 1 aliphatic rings. The van der Waals surface area contributed by atoms with Gasteiger partial charge in [0, 0.05) is 11.6 Å². The number of rotatable bonds is 4. The Morgan fingerprint density at radius 1 is 0.939 bits per heavy atom. The second-order valence-electron chi connectivity index (χ2n) is 7.58. The number of methoxy groups -OCH3 is 1. The van der Waals surface area contributed by atoms with Gasteiger partial charge in [0.1, 0.15) is 35.0 Å². The highest BCUT2D eigenvalue weighted by atomic mass is 16.7. The van der Waals surface area contributed by atoms with Crippen molar-refractivity contribution in [2.24, 2.45) is 0 Å². The fraction of sp³-hybridized carbons (Fsp3) is 0.318. The lowest BCUT2D eigenvalue weighted by Gasteiger charge is -2.38. The van der Waals surface area contributed by atoms with Crippen molar-refractivity contribution >= 4 is 11.0 Å². The predicted octanol–water partition coefficient (Wildman–Crippen LogP) is 0.792. The minimum atomic E-state index is -1.49. The van der Waals surface area contributed by atoms with E-state index in [9.17, 15) is 35.4 Å². The van der Waals surface area contributed by atoms with Gasteiger partial charge in [-0.3, -0.25) is 4.79 Å². The molecular formula is C22H22O11. The Hall–Kier alpha value is -3.51. The van der Waals surface area contributed by atoms with Gasteiger partial charge >= 0.3 is 0 Å². The smallest absolute Gasteiger partial charge is 0.238 e. The molecular weight excluding hydrogens is 440 g/mol. The number of ether oxygens (including phenoxy) is 3. The van der Waals surface area contributed by atoms with Crippen molar-refractivity contribution in [1.82, 2.24) is 0 Å². The molecule has 0 radical (unpaired) electrons. The molecule has 3 aromatic rings. The molecule has 1 fully saturated rings. The Kier molecular flexibility index (Phi) is 5.80. The predicted molar refractivity (Wildman–Crippen MR) is 112 cm³/mol. The maximum absolute atomic E-state index is 12.7. The first-order chi connectivity index (χ1) is 15.6. The van der Waals surface area contributed by atoms with Crippen molar-refractivity contribution < 1.29 is 49.3 Å². The van der Waals surface area contributed by atoms with Crippen LogP contribution in [0.4, 0.5) is 0 Å². The van der Waals surface area contributed by atoms with Gasteiger partial charge in [0.25, 0.3) is 0 Å². The van der Waals surface area contributed by atoms with Gasteiger partial charge in [0.15, 0.2) is 17.3 Å². The average Bonchev–Trinajstić information content (AvgIpc) is 2.79. The average molecular weight is 462 g/mol. The van der Waals surface area contributed by atoms with Crippen LogP contribution in [0.5, 0.6) is 28.7 Å². The summed E-state index contributed by atoms with van der Waals surface area (Å²) in [5.41, 5.74) is -0.839. The summed E-state index contributed by atoms with van der Waals surface area (Å²) in [7, 11) is 1.20. The summed E-state index contributed by atoms with van der Waals surface area (Å²) in [6, 6.07) is 6.87. The highest BCUT2D eigenvalue weighted by molar-refractivity contribution is 5.91. The molecule has 0 bridgehead atoms. The molecule has 11 heteroatoms. The second-order valence-corrected chi connectivity index (χ2v) is 7.58. The largest absolute Gasteiger partial charge is 0.504 e. The SMILES string of the molecule is COc1c(O)cc2oc(-c3ccc(O[C@H]4O[C@@H](C)[C@H](O)[C@H](O)[C@@H]4O)cc3)c(O)c(=O)c2c1O. The lowest BCUT2D eigenvalue weighted by atomic mass is 10.00. The maximum atomic E-state index is 12.7. The Bertz CT molecular complexity index is 1230. The molecule has 1 aromatic heterocycles. The van der Waals surface area contributed by atoms with Crippen molar-refractivity contribution in [3.05, 3.63) is 40.6 Å². The van der Waals surface area contributed by atoms with Crippen LogP contribution in [0.2, 0.25) is 0 Å². The molecule has 11 nitrogen and oxygen atoms in total. The van der Waals surface area contributed by atoms with Crippen LogP contribution in [0.15, 0.2) is 39.5 Å². The summed E-state index contributed by atoms with van der Waals surface area (Å²) in [5, 5.41) is 60.0. The van der Waals surface area contributed by atoms with E-state index in [4.69, 9.17) is 18.6 Å². The van der Waals surface area contributed by atoms with Gasteiger partial charge in [-0.2, -0.15) is 0 Å². The number of fused-ring (bicyclic) bond motifs is 1. The van der Waals surface area contributed by atoms with Crippen molar-refractivity contribution in [3.63, 3.8) is 0 Å². The number of phenolic OH excluding ortho intramolecular Hbond substituents is 2. The van der Waals surface area contributed by atoms with Crippen LogP contribution in [-0.2, 0) is 4.74 Å². The molecule has 0 unspecified atom stereocenters. The topological polar surface area (TPSA) is 179 Å². The summed E-state index contributed by atoms with van der Waals surface area (Å²) >= 11 is 0. The zero-order valence-corrected chi connectivity index (χ0v) is 17.5. The number of aromatic hydroxyl groups is 3. The van der Waals surface area contributed by atoms with E-state index in [1.54, 1.807) is 0 Å². The molecule has 1 aliphatic heterocycles. The molecule has 4 rings (SSSR count). The highest BCUT2D eigenvalue weighted by Crippen LogP contribution is 2.43. The molecule has 0 amide bonds. The Morgan fingerprint density at radius 3 is 2.24 bits per heavy atom. The summed E-state index contributed by atoms with van der Waals surface area (Å²) in [4.78, 5) is 12.7. The number of phenols is 2.